The lowest BCUT2D eigenvalue weighted by molar-refractivity contribution is 0.576. The Morgan fingerprint density at radius 2 is 2.12 bits per heavy atom. The number of rotatable bonds is 6. The molecule has 0 radical (unpaired) electrons. The summed E-state index contributed by atoms with van der Waals surface area (Å²) >= 11 is 1.36. The Balaban J connectivity index is 2.48. The summed E-state index contributed by atoms with van der Waals surface area (Å²) in [6, 6.07) is 3.56. The van der Waals surface area contributed by atoms with Crippen molar-refractivity contribution < 1.29 is 8.78 Å². The Labute approximate surface area is 99.6 Å². The zero-order valence-electron chi connectivity index (χ0n) is 9.59. The molecule has 1 rings (SSSR count). The van der Waals surface area contributed by atoms with Crippen LogP contribution in [0, 0.1) is 11.6 Å². The molecule has 1 atom stereocenters. The van der Waals surface area contributed by atoms with Gasteiger partial charge in [0.15, 0.2) is 0 Å². The topological polar surface area (TPSA) is 12.0 Å². The van der Waals surface area contributed by atoms with Gasteiger partial charge in [0.25, 0.3) is 0 Å². The first-order valence-corrected chi connectivity index (χ1v) is 6.34. The Kier molecular flexibility index (Phi) is 5.77. The minimum Gasteiger partial charge on any atom is -0.316 e. The van der Waals surface area contributed by atoms with Crippen LogP contribution in [0.4, 0.5) is 8.78 Å². The molecule has 0 aliphatic rings. The molecule has 0 amide bonds. The zero-order valence-corrected chi connectivity index (χ0v) is 10.4. The summed E-state index contributed by atoms with van der Waals surface area (Å²) in [4.78, 5) is 0.380. The molecule has 4 heteroatoms. The smallest absolute Gasteiger partial charge is 0.136 e. The van der Waals surface area contributed by atoms with Crippen molar-refractivity contribution >= 4 is 11.8 Å². The first kappa shape index (κ1) is 13.5. The maximum Gasteiger partial charge on any atom is 0.136 e. The molecule has 1 N–H and O–H groups in total. The van der Waals surface area contributed by atoms with Gasteiger partial charge in [-0.3, -0.25) is 0 Å². The van der Waals surface area contributed by atoms with E-state index in [-0.39, 0.29) is 11.1 Å². The predicted octanol–water partition coefficient (Wildman–Crippen LogP) is 3.45. The SMILES string of the molecule is CCCNCC(C)Sc1cc(F)ccc1F. The van der Waals surface area contributed by atoms with Crippen LogP contribution >= 0.6 is 11.8 Å². The Morgan fingerprint density at radius 3 is 2.81 bits per heavy atom. The van der Waals surface area contributed by atoms with Crippen molar-refractivity contribution in [3.63, 3.8) is 0 Å². The minimum atomic E-state index is -0.391. The van der Waals surface area contributed by atoms with Gasteiger partial charge in [-0.15, -0.1) is 11.8 Å². The highest BCUT2D eigenvalue weighted by molar-refractivity contribution is 8.00. The molecule has 0 saturated heterocycles. The Bertz CT molecular complexity index is 331. The largest absolute Gasteiger partial charge is 0.316 e. The molecule has 0 fully saturated rings. The van der Waals surface area contributed by atoms with Crippen LogP contribution in [-0.4, -0.2) is 18.3 Å². The van der Waals surface area contributed by atoms with Crippen LogP contribution in [0.25, 0.3) is 0 Å². The van der Waals surface area contributed by atoms with Gasteiger partial charge >= 0.3 is 0 Å². The molecule has 1 nitrogen and oxygen atoms in total. The van der Waals surface area contributed by atoms with E-state index in [1.165, 1.54) is 23.9 Å². The molecule has 90 valence electrons. The average Bonchev–Trinajstić information content (AvgIpc) is 2.24. The van der Waals surface area contributed by atoms with Crippen molar-refractivity contribution in [2.24, 2.45) is 0 Å². The van der Waals surface area contributed by atoms with Crippen LogP contribution in [-0.2, 0) is 0 Å². The fourth-order valence-corrected chi connectivity index (χ4v) is 2.30. The Hall–Kier alpha value is -0.610. The van der Waals surface area contributed by atoms with Crippen molar-refractivity contribution in [1.29, 1.82) is 0 Å². The lowest BCUT2D eigenvalue weighted by atomic mass is 10.3. The first-order valence-electron chi connectivity index (χ1n) is 5.46. The van der Waals surface area contributed by atoms with E-state index in [2.05, 4.69) is 12.2 Å². The van der Waals surface area contributed by atoms with E-state index in [1.807, 2.05) is 6.92 Å². The normalized spacial score (nSPS) is 12.8. The van der Waals surface area contributed by atoms with Crippen molar-refractivity contribution in [2.45, 2.75) is 30.4 Å². The molecule has 0 aliphatic heterocycles. The van der Waals surface area contributed by atoms with Gasteiger partial charge in [-0.05, 0) is 31.2 Å². The third kappa shape index (κ3) is 4.49. The van der Waals surface area contributed by atoms with Crippen molar-refractivity contribution in [3.05, 3.63) is 29.8 Å². The van der Waals surface area contributed by atoms with Crippen molar-refractivity contribution in [2.75, 3.05) is 13.1 Å². The van der Waals surface area contributed by atoms with Crippen LogP contribution in [0.2, 0.25) is 0 Å². The zero-order chi connectivity index (χ0) is 12.0. The monoisotopic (exact) mass is 245 g/mol. The van der Waals surface area contributed by atoms with Gasteiger partial charge in [-0.25, -0.2) is 8.78 Å². The maximum absolute atomic E-state index is 13.3. The van der Waals surface area contributed by atoms with Gasteiger partial charge in [0.05, 0.1) is 0 Å². The third-order valence-corrected chi connectivity index (χ3v) is 3.22. The molecular weight excluding hydrogens is 228 g/mol. The summed E-state index contributed by atoms with van der Waals surface area (Å²) in [7, 11) is 0. The molecular formula is C12H17F2NS. The quantitative estimate of drug-likeness (QED) is 0.608. The summed E-state index contributed by atoms with van der Waals surface area (Å²) in [5.41, 5.74) is 0. The number of hydrogen-bond acceptors (Lipinski definition) is 2. The minimum absolute atomic E-state index is 0.225. The molecule has 16 heavy (non-hydrogen) atoms. The summed E-state index contributed by atoms with van der Waals surface area (Å²) in [5.74, 6) is -0.744. The van der Waals surface area contributed by atoms with Gasteiger partial charge < -0.3 is 5.32 Å². The molecule has 0 aromatic heterocycles. The standard InChI is InChI=1S/C12H17F2NS/c1-3-6-15-8-9(2)16-12-7-10(13)4-5-11(12)14/h4-5,7,9,15H,3,6,8H2,1-2H3. The average molecular weight is 245 g/mol. The van der Waals surface area contributed by atoms with Crippen LogP contribution in [0.1, 0.15) is 20.3 Å². The van der Waals surface area contributed by atoms with E-state index in [9.17, 15) is 8.78 Å². The molecule has 1 unspecified atom stereocenters. The molecule has 1 aromatic carbocycles. The lowest BCUT2D eigenvalue weighted by Crippen LogP contribution is -2.23. The van der Waals surface area contributed by atoms with Gasteiger partial charge in [0.1, 0.15) is 11.6 Å². The summed E-state index contributed by atoms with van der Waals surface area (Å²) in [6.45, 7) is 5.85. The van der Waals surface area contributed by atoms with E-state index in [0.29, 0.717) is 4.90 Å². The lowest BCUT2D eigenvalue weighted by Gasteiger charge is -2.12. The van der Waals surface area contributed by atoms with Gasteiger partial charge in [-0.2, -0.15) is 0 Å². The molecule has 0 aliphatic carbocycles. The van der Waals surface area contributed by atoms with Crippen LogP contribution in [0.5, 0.6) is 0 Å². The number of halogens is 2. The van der Waals surface area contributed by atoms with Crippen molar-refractivity contribution in [1.82, 2.24) is 5.32 Å². The van der Waals surface area contributed by atoms with E-state index in [0.717, 1.165) is 25.6 Å². The fourth-order valence-electron chi connectivity index (χ4n) is 1.31. The predicted molar refractivity (Wildman–Crippen MR) is 64.8 cm³/mol. The summed E-state index contributed by atoms with van der Waals surface area (Å²) < 4.78 is 26.2. The highest BCUT2D eigenvalue weighted by Gasteiger charge is 2.09. The molecule has 0 saturated carbocycles. The Morgan fingerprint density at radius 1 is 1.38 bits per heavy atom. The van der Waals surface area contributed by atoms with Crippen LogP contribution in [0.3, 0.4) is 0 Å². The number of nitrogens with one attached hydrogen (secondary N) is 1. The van der Waals surface area contributed by atoms with Crippen LogP contribution < -0.4 is 5.32 Å². The number of thioether (sulfide) groups is 1. The summed E-state index contributed by atoms with van der Waals surface area (Å²) in [6.07, 6.45) is 1.08. The second-order valence-corrected chi connectivity index (χ2v) is 5.19. The van der Waals surface area contributed by atoms with Gasteiger partial charge in [0.2, 0.25) is 0 Å². The van der Waals surface area contributed by atoms with E-state index >= 15 is 0 Å². The number of hydrogen-bond donors (Lipinski definition) is 1. The van der Waals surface area contributed by atoms with E-state index < -0.39 is 5.82 Å². The van der Waals surface area contributed by atoms with Crippen molar-refractivity contribution in [3.8, 4) is 0 Å². The third-order valence-electron chi connectivity index (χ3n) is 2.08. The van der Waals surface area contributed by atoms with E-state index in [4.69, 9.17) is 0 Å². The molecule has 0 heterocycles. The van der Waals surface area contributed by atoms with Gasteiger partial charge in [0, 0.05) is 16.7 Å². The molecule has 0 bridgehead atoms. The molecule has 0 spiro atoms. The molecule has 1 aromatic rings. The van der Waals surface area contributed by atoms with E-state index in [1.54, 1.807) is 0 Å². The van der Waals surface area contributed by atoms with Gasteiger partial charge in [-0.1, -0.05) is 13.8 Å². The fraction of sp³-hybridized carbons (Fsp3) is 0.500. The second-order valence-electron chi connectivity index (χ2n) is 3.71. The van der Waals surface area contributed by atoms with Crippen LogP contribution in [0.15, 0.2) is 23.1 Å². The highest BCUT2D eigenvalue weighted by Crippen LogP contribution is 2.26. The summed E-state index contributed by atoms with van der Waals surface area (Å²) in [5, 5.41) is 3.48. The number of benzene rings is 1. The second kappa shape index (κ2) is 6.86. The highest BCUT2D eigenvalue weighted by atomic mass is 32.2. The maximum atomic E-state index is 13.3. The first-order chi connectivity index (χ1) is 7.63.